The zero-order chi connectivity index (χ0) is 16.7. The van der Waals surface area contributed by atoms with Crippen molar-refractivity contribution in [1.82, 2.24) is 5.32 Å². The van der Waals surface area contributed by atoms with E-state index in [1.54, 1.807) is 12.1 Å². The van der Waals surface area contributed by atoms with Crippen LogP contribution in [0.15, 0.2) is 48.5 Å². The Hall–Kier alpha value is -2.70. The molecule has 0 fully saturated rings. The fourth-order valence-electron chi connectivity index (χ4n) is 1.87. The number of nitrogens with one attached hydrogen (secondary N) is 2. The number of benzene rings is 2. The highest BCUT2D eigenvalue weighted by Crippen LogP contribution is 2.15. The second-order valence-corrected chi connectivity index (χ2v) is 4.66. The van der Waals surface area contributed by atoms with Crippen LogP contribution in [0.4, 0.5) is 23.7 Å². The van der Waals surface area contributed by atoms with Crippen LogP contribution in [0, 0.1) is 5.82 Å². The van der Waals surface area contributed by atoms with Crippen molar-refractivity contribution >= 4 is 11.7 Å². The summed E-state index contributed by atoms with van der Waals surface area (Å²) in [7, 11) is 0. The molecule has 2 aromatic carbocycles. The quantitative estimate of drug-likeness (QED) is 0.849. The number of hydrogen-bond acceptors (Lipinski definition) is 2. The molecule has 0 atom stereocenters. The molecule has 0 aliphatic heterocycles. The van der Waals surface area contributed by atoms with Gasteiger partial charge in [0.05, 0.1) is 0 Å². The number of carbonyl (C=O) groups is 1. The Balaban J connectivity index is 1.73. The molecule has 0 spiro atoms. The number of hydrogen-bond donors (Lipinski definition) is 2. The van der Waals surface area contributed by atoms with Gasteiger partial charge in [-0.1, -0.05) is 12.1 Å². The van der Waals surface area contributed by atoms with E-state index in [2.05, 4.69) is 15.4 Å². The van der Waals surface area contributed by atoms with Gasteiger partial charge >= 0.3 is 12.6 Å². The first kappa shape index (κ1) is 16.7. The van der Waals surface area contributed by atoms with Gasteiger partial charge < -0.3 is 15.4 Å². The largest absolute Gasteiger partial charge is 0.435 e. The Kier molecular flexibility index (Phi) is 5.85. The lowest BCUT2D eigenvalue weighted by atomic mass is 10.1. The van der Waals surface area contributed by atoms with Gasteiger partial charge in [-0.3, -0.25) is 0 Å². The second-order valence-electron chi connectivity index (χ2n) is 4.66. The van der Waals surface area contributed by atoms with Crippen molar-refractivity contribution < 1.29 is 22.7 Å². The van der Waals surface area contributed by atoms with Crippen molar-refractivity contribution in [2.75, 3.05) is 11.9 Å². The summed E-state index contributed by atoms with van der Waals surface area (Å²) in [6.07, 6.45) is 0.534. The van der Waals surface area contributed by atoms with Crippen LogP contribution in [0.1, 0.15) is 5.56 Å². The average molecular weight is 324 g/mol. The van der Waals surface area contributed by atoms with E-state index in [9.17, 15) is 18.0 Å². The lowest BCUT2D eigenvalue weighted by molar-refractivity contribution is -0.0498. The molecule has 0 aromatic heterocycles. The van der Waals surface area contributed by atoms with Crippen LogP contribution in [-0.2, 0) is 6.42 Å². The van der Waals surface area contributed by atoms with Gasteiger partial charge in [-0.15, -0.1) is 0 Å². The first-order chi connectivity index (χ1) is 11.0. The summed E-state index contributed by atoms with van der Waals surface area (Å²) in [5.74, 6) is -0.291. The smallest absolute Gasteiger partial charge is 0.387 e. The Morgan fingerprint density at radius 3 is 2.30 bits per heavy atom. The van der Waals surface area contributed by atoms with Crippen LogP contribution >= 0.6 is 0 Å². The Morgan fingerprint density at radius 1 is 1.04 bits per heavy atom. The summed E-state index contributed by atoms with van der Waals surface area (Å²) in [6.45, 7) is -2.49. The van der Waals surface area contributed by atoms with Crippen molar-refractivity contribution in [3.63, 3.8) is 0 Å². The van der Waals surface area contributed by atoms with Crippen LogP contribution in [0.5, 0.6) is 5.75 Å². The van der Waals surface area contributed by atoms with E-state index >= 15 is 0 Å². The third kappa shape index (κ3) is 5.90. The van der Waals surface area contributed by atoms with Crippen molar-refractivity contribution in [2.24, 2.45) is 0 Å². The number of halogens is 3. The van der Waals surface area contributed by atoms with E-state index in [0.717, 1.165) is 5.56 Å². The van der Waals surface area contributed by atoms with Crippen LogP contribution in [-0.4, -0.2) is 19.2 Å². The van der Waals surface area contributed by atoms with Gasteiger partial charge in [-0.25, -0.2) is 9.18 Å². The number of carbonyl (C=O) groups excluding carboxylic acids is 1. The lowest BCUT2D eigenvalue weighted by Crippen LogP contribution is -2.30. The third-order valence-electron chi connectivity index (χ3n) is 2.95. The monoisotopic (exact) mass is 324 g/mol. The number of urea groups is 1. The van der Waals surface area contributed by atoms with Crippen molar-refractivity contribution in [2.45, 2.75) is 13.0 Å². The third-order valence-corrected chi connectivity index (χ3v) is 2.95. The summed E-state index contributed by atoms with van der Waals surface area (Å²) < 4.78 is 41.0. The molecule has 0 saturated carbocycles. The molecule has 0 unspecified atom stereocenters. The van der Waals surface area contributed by atoms with Crippen LogP contribution in [0.2, 0.25) is 0 Å². The molecule has 122 valence electrons. The Bertz CT molecular complexity index is 631. The maximum atomic E-state index is 12.7. The molecule has 2 amide bonds. The maximum Gasteiger partial charge on any atom is 0.387 e. The highest BCUT2D eigenvalue weighted by molar-refractivity contribution is 5.89. The first-order valence-corrected chi connectivity index (χ1v) is 6.87. The summed E-state index contributed by atoms with van der Waals surface area (Å²) in [4.78, 5) is 11.6. The van der Waals surface area contributed by atoms with E-state index in [1.807, 2.05) is 0 Å². The molecule has 2 aromatic rings. The molecule has 0 aliphatic carbocycles. The summed E-state index contributed by atoms with van der Waals surface area (Å²) in [5, 5.41) is 5.21. The minimum atomic E-state index is -2.85. The van der Waals surface area contributed by atoms with Crippen LogP contribution in [0.3, 0.4) is 0 Å². The van der Waals surface area contributed by atoms with E-state index in [-0.39, 0.29) is 11.6 Å². The van der Waals surface area contributed by atoms with E-state index in [1.165, 1.54) is 36.4 Å². The van der Waals surface area contributed by atoms with Crippen molar-refractivity contribution in [3.05, 3.63) is 59.9 Å². The predicted octanol–water partition coefficient (Wildman–Crippen LogP) is 3.79. The number of amides is 2. The molecule has 0 bridgehead atoms. The molecule has 7 heteroatoms. The Morgan fingerprint density at radius 2 is 1.70 bits per heavy atom. The molecule has 23 heavy (non-hydrogen) atoms. The number of rotatable bonds is 6. The van der Waals surface area contributed by atoms with Gasteiger partial charge in [0, 0.05) is 12.2 Å². The molecular weight excluding hydrogens is 309 g/mol. The van der Waals surface area contributed by atoms with Crippen LogP contribution in [0.25, 0.3) is 0 Å². The highest BCUT2D eigenvalue weighted by atomic mass is 19.3. The standard InChI is InChI=1S/C16H15F3N2O2/c17-12-3-5-13(6-4-12)21-16(22)20-10-9-11-1-7-14(8-2-11)23-15(18)19/h1-8,15H,9-10H2,(H2,20,21,22). The first-order valence-electron chi connectivity index (χ1n) is 6.87. The zero-order valence-electron chi connectivity index (χ0n) is 12.1. The SMILES string of the molecule is O=C(NCCc1ccc(OC(F)F)cc1)Nc1ccc(F)cc1. The van der Waals surface area contributed by atoms with Crippen molar-refractivity contribution in [3.8, 4) is 5.75 Å². The minimum absolute atomic E-state index is 0.0887. The summed E-state index contributed by atoms with van der Waals surface area (Å²) in [5.41, 5.74) is 1.35. The molecule has 2 rings (SSSR count). The normalized spacial score (nSPS) is 10.4. The molecule has 0 aliphatic rings. The zero-order valence-corrected chi connectivity index (χ0v) is 12.1. The van der Waals surface area contributed by atoms with Gasteiger partial charge in [-0.05, 0) is 48.4 Å². The fourth-order valence-corrected chi connectivity index (χ4v) is 1.87. The topological polar surface area (TPSA) is 50.4 Å². The average Bonchev–Trinajstić information content (AvgIpc) is 2.51. The second kappa shape index (κ2) is 8.07. The molecule has 2 N–H and O–H groups in total. The van der Waals surface area contributed by atoms with Crippen LogP contribution < -0.4 is 15.4 Å². The molecular formula is C16H15F3N2O2. The number of ether oxygens (including phenoxy) is 1. The number of anilines is 1. The summed E-state index contributed by atoms with van der Waals surface area (Å²) >= 11 is 0. The fraction of sp³-hybridized carbons (Fsp3) is 0.188. The lowest BCUT2D eigenvalue weighted by Gasteiger charge is -2.08. The van der Waals surface area contributed by atoms with Gasteiger partial charge in [0.25, 0.3) is 0 Å². The van der Waals surface area contributed by atoms with E-state index < -0.39 is 12.6 Å². The molecule has 4 nitrogen and oxygen atoms in total. The van der Waals surface area contributed by atoms with E-state index in [4.69, 9.17) is 0 Å². The minimum Gasteiger partial charge on any atom is -0.435 e. The Labute approximate surface area is 131 Å². The molecule has 0 saturated heterocycles. The highest BCUT2D eigenvalue weighted by Gasteiger charge is 2.04. The molecule has 0 radical (unpaired) electrons. The van der Waals surface area contributed by atoms with Gasteiger partial charge in [0.2, 0.25) is 0 Å². The maximum absolute atomic E-state index is 12.7. The predicted molar refractivity (Wildman–Crippen MR) is 80.2 cm³/mol. The van der Waals surface area contributed by atoms with Gasteiger partial charge in [0.15, 0.2) is 0 Å². The summed E-state index contributed by atoms with van der Waals surface area (Å²) in [6, 6.07) is 11.2. The van der Waals surface area contributed by atoms with E-state index in [0.29, 0.717) is 18.7 Å². The van der Waals surface area contributed by atoms with Crippen molar-refractivity contribution in [1.29, 1.82) is 0 Å². The molecule has 0 heterocycles. The number of alkyl halides is 2. The van der Waals surface area contributed by atoms with Gasteiger partial charge in [-0.2, -0.15) is 8.78 Å². The van der Waals surface area contributed by atoms with Gasteiger partial charge in [0.1, 0.15) is 11.6 Å².